The lowest BCUT2D eigenvalue weighted by Gasteiger charge is -2.08. The largest absolute Gasteiger partial charge is 0.143 e. The van der Waals surface area contributed by atoms with Crippen LogP contribution in [0.3, 0.4) is 0 Å². The number of hydrogen-bond donors (Lipinski definition) is 0. The van der Waals surface area contributed by atoms with E-state index in [4.69, 9.17) is 11.6 Å². The molecule has 2 aromatic heterocycles. The normalized spacial score (nSPS) is 16.6. The molecule has 0 aliphatic heterocycles. The maximum atomic E-state index is 6.66. The molecule has 0 fully saturated rings. The van der Waals surface area contributed by atoms with Crippen LogP contribution in [-0.4, -0.2) is 0 Å². The lowest BCUT2D eigenvalue weighted by Crippen LogP contribution is -1.96. The van der Waals surface area contributed by atoms with Gasteiger partial charge in [-0.15, -0.1) is 34.3 Å². The van der Waals surface area contributed by atoms with E-state index in [0.717, 1.165) is 4.47 Å². The fraction of sp³-hybridized carbons (Fsp3) is 0.429. The van der Waals surface area contributed by atoms with Crippen LogP contribution in [0.25, 0.3) is 0 Å². The highest BCUT2D eigenvalue weighted by Gasteiger charge is 2.21. The highest BCUT2D eigenvalue weighted by atomic mass is 79.9. The zero-order chi connectivity index (χ0) is 12.7. The molecule has 0 N–H and O–H groups in total. The minimum absolute atomic E-state index is 0.00803. The van der Waals surface area contributed by atoms with Crippen molar-refractivity contribution < 1.29 is 0 Å². The molecular formula is C14H14BrClS2. The Bertz CT molecular complexity index is 547. The van der Waals surface area contributed by atoms with Crippen molar-refractivity contribution in [1.29, 1.82) is 0 Å². The predicted molar refractivity (Wildman–Crippen MR) is 85.4 cm³/mol. The van der Waals surface area contributed by atoms with Crippen molar-refractivity contribution in [2.24, 2.45) is 0 Å². The average Bonchev–Trinajstić information content (AvgIpc) is 2.91. The maximum Gasteiger partial charge on any atom is 0.103 e. The molecule has 1 atom stereocenters. The molecule has 3 rings (SSSR count). The van der Waals surface area contributed by atoms with E-state index in [0.29, 0.717) is 0 Å². The van der Waals surface area contributed by atoms with Crippen molar-refractivity contribution in [2.75, 3.05) is 0 Å². The first kappa shape index (κ1) is 13.2. The molecule has 0 aromatic carbocycles. The van der Waals surface area contributed by atoms with Crippen molar-refractivity contribution in [2.45, 2.75) is 38.0 Å². The van der Waals surface area contributed by atoms with E-state index in [2.05, 4.69) is 35.0 Å². The van der Waals surface area contributed by atoms with Gasteiger partial charge in [0.15, 0.2) is 0 Å². The van der Waals surface area contributed by atoms with Gasteiger partial charge in [0, 0.05) is 24.0 Å². The maximum absolute atomic E-state index is 6.66. The Kier molecular flexibility index (Phi) is 3.86. The second kappa shape index (κ2) is 5.28. The third-order valence-electron chi connectivity index (χ3n) is 3.33. The van der Waals surface area contributed by atoms with E-state index < -0.39 is 0 Å². The van der Waals surface area contributed by atoms with E-state index in [1.165, 1.54) is 45.9 Å². The summed E-state index contributed by atoms with van der Waals surface area (Å²) >= 11 is 14.0. The Hall–Kier alpha value is 0.170. The molecular weight excluding hydrogens is 348 g/mol. The lowest BCUT2D eigenvalue weighted by atomic mass is 9.99. The minimum Gasteiger partial charge on any atom is -0.143 e. The van der Waals surface area contributed by atoms with Crippen molar-refractivity contribution >= 4 is 50.2 Å². The van der Waals surface area contributed by atoms with Crippen LogP contribution in [0.2, 0.25) is 0 Å². The second-order valence-electron chi connectivity index (χ2n) is 4.74. The molecule has 0 spiro atoms. The van der Waals surface area contributed by atoms with E-state index in [1.54, 1.807) is 16.2 Å². The number of alkyl halides is 1. The van der Waals surface area contributed by atoms with Crippen LogP contribution in [-0.2, 0) is 12.8 Å². The highest BCUT2D eigenvalue weighted by molar-refractivity contribution is 9.10. The topological polar surface area (TPSA) is 0 Å². The molecule has 0 amide bonds. The van der Waals surface area contributed by atoms with Gasteiger partial charge in [0.2, 0.25) is 0 Å². The molecule has 18 heavy (non-hydrogen) atoms. The predicted octanol–water partition coefficient (Wildman–Crippen LogP) is 6.09. The number of rotatable bonds is 2. The summed E-state index contributed by atoms with van der Waals surface area (Å²) in [4.78, 5) is 5.43. The number of fused-ring (bicyclic) bond motifs is 1. The Balaban J connectivity index is 1.94. The molecule has 0 nitrogen and oxygen atoms in total. The van der Waals surface area contributed by atoms with Gasteiger partial charge in [-0.2, -0.15) is 0 Å². The quantitative estimate of drug-likeness (QED) is 0.568. The van der Waals surface area contributed by atoms with Crippen molar-refractivity contribution in [3.8, 4) is 0 Å². The molecule has 0 saturated carbocycles. The Morgan fingerprint density at radius 1 is 1.22 bits per heavy atom. The number of thiophene rings is 2. The molecule has 0 saturated heterocycles. The fourth-order valence-electron chi connectivity index (χ4n) is 2.44. The first-order valence-electron chi connectivity index (χ1n) is 6.16. The summed E-state index contributed by atoms with van der Waals surface area (Å²) in [5.41, 5.74) is 1.54. The van der Waals surface area contributed by atoms with Gasteiger partial charge in [-0.25, -0.2) is 0 Å². The molecule has 0 radical (unpaired) electrons. The zero-order valence-electron chi connectivity index (χ0n) is 10.1. The van der Waals surface area contributed by atoms with Crippen molar-refractivity contribution in [3.63, 3.8) is 0 Å². The number of aryl methyl sites for hydroxylation is 3. The van der Waals surface area contributed by atoms with Gasteiger partial charge in [-0.05, 0) is 66.2 Å². The molecule has 4 heteroatoms. The smallest absolute Gasteiger partial charge is 0.103 e. The molecule has 1 aliphatic rings. The van der Waals surface area contributed by atoms with Gasteiger partial charge in [-0.1, -0.05) is 0 Å². The molecule has 96 valence electrons. The second-order valence-corrected chi connectivity index (χ2v) is 8.48. The molecule has 0 bridgehead atoms. The van der Waals surface area contributed by atoms with Gasteiger partial charge < -0.3 is 0 Å². The SMILES string of the molecule is Cc1cc(Br)c(C(Cl)c2cc3c(s2)CCCC3)s1. The van der Waals surface area contributed by atoms with Crippen LogP contribution in [0.15, 0.2) is 16.6 Å². The van der Waals surface area contributed by atoms with Gasteiger partial charge in [0.1, 0.15) is 5.38 Å². The summed E-state index contributed by atoms with van der Waals surface area (Å²) in [6.07, 6.45) is 5.15. The first-order valence-corrected chi connectivity index (χ1v) is 9.03. The van der Waals surface area contributed by atoms with E-state index in [-0.39, 0.29) is 5.38 Å². The van der Waals surface area contributed by atoms with E-state index in [9.17, 15) is 0 Å². The molecule has 1 unspecified atom stereocenters. The minimum atomic E-state index is 0.00803. The van der Waals surface area contributed by atoms with Gasteiger partial charge in [-0.3, -0.25) is 0 Å². The van der Waals surface area contributed by atoms with Crippen LogP contribution in [0, 0.1) is 6.92 Å². The average molecular weight is 362 g/mol. The van der Waals surface area contributed by atoms with Gasteiger partial charge in [0.25, 0.3) is 0 Å². The van der Waals surface area contributed by atoms with Crippen LogP contribution < -0.4 is 0 Å². The summed E-state index contributed by atoms with van der Waals surface area (Å²) in [7, 11) is 0. The van der Waals surface area contributed by atoms with E-state index >= 15 is 0 Å². The van der Waals surface area contributed by atoms with Crippen molar-refractivity contribution in [1.82, 2.24) is 0 Å². The van der Waals surface area contributed by atoms with Gasteiger partial charge >= 0.3 is 0 Å². The third-order valence-corrected chi connectivity index (χ3v) is 7.38. The Morgan fingerprint density at radius 2 is 2.00 bits per heavy atom. The van der Waals surface area contributed by atoms with E-state index in [1.807, 2.05) is 11.3 Å². The molecule has 2 aromatic rings. The number of halogens is 2. The monoisotopic (exact) mass is 360 g/mol. The molecule has 1 aliphatic carbocycles. The molecule has 2 heterocycles. The summed E-state index contributed by atoms with van der Waals surface area (Å²) in [6.45, 7) is 2.13. The van der Waals surface area contributed by atoms with Gasteiger partial charge in [0.05, 0.1) is 0 Å². The van der Waals surface area contributed by atoms with Crippen LogP contribution in [0.5, 0.6) is 0 Å². The summed E-state index contributed by atoms with van der Waals surface area (Å²) in [5, 5.41) is 0.00803. The van der Waals surface area contributed by atoms with Crippen LogP contribution >= 0.6 is 50.2 Å². The standard InChI is InChI=1S/C14H14BrClS2/c1-8-6-10(15)14(17-8)13(16)12-7-9-4-2-3-5-11(9)18-12/h6-7,13H,2-5H2,1H3. The van der Waals surface area contributed by atoms with Crippen LogP contribution in [0.4, 0.5) is 0 Å². The summed E-state index contributed by atoms with van der Waals surface area (Å²) in [6, 6.07) is 4.49. The summed E-state index contributed by atoms with van der Waals surface area (Å²) in [5.74, 6) is 0. The van der Waals surface area contributed by atoms with Crippen molar-refractivity contribution in [3.05, 3.63) is 41.7 Å². The Labute approximate surface area is 129 Å². The zero-order valence-corrected chi connectivity index (χ0v) is 14.1. The summed E-state index contributed by atoms with van der Waals surface area (Å²) < 4.78 is 1.15. The Morgan fingerprint density at radius 3 is 2.67 bits per heavy atom. The fourth-order valence-corrected chi connectivity index (χ4v) is 6.22. The first-order chi connectivity index (χ1) is 8.65. The lowest BCUT2D eigenvalue weighted by molar-refractivity contribution is 0.697. The number of hydrogen-bond acceptors (Lipinski definition) is 2. The third kappa shape index (κ3) is 2.43. The van der Waals surface area contributed by atoms with Crippen LogP contribution in [0.1, 0.15) is 43.3 Å². The highest BCUT2D eigenvalue weighted by Crippen LogP contribution is 2.43.